The first-order chi connectivity index (χ1) is 18.1. The topological polar surface area (TPSA) is 85.3 Å². The number of ether oxygens (including phenoxy) is 3. The number of carbonyl (C=O) groups is 2. The molecule has 210 valence electrons. The summed E-state index contributed by atoms with van der Waals surface area (Å²) in [5.41, 5.74) is -0.124. The minimum Gasteiger partial charge on any atom is -0.492 e. The molecule has 0 aliphatic rings. The van der Waals surface area contributed by atoms with Gasteiger partial charge in [0, 0.05) is 25.3 Å². The van der Waals surface area contributed by atoms with Crippen LogP contribution < -0.4 is 9.47 Å². The summed E-state index contributed by atoms with van der Waals surface area (Å²) in [4.78, 5) is 25.5. The summed E-state index contributed by atoms with van der Waals surface area (Å²) in [7, 11) is 0. The molecule has 0 aromatic heterocycles. The number of thioether (sulfide) groups is 1. The minimum atomic E-state index is -4.54. The van der Waals surface area contributed by atoms with E-state index in [2.05, 4.69) is 6.92 Å². The van der Waals surface area contributed by atoms with Gasteiger partial charge in [0.1, 0.15) is 18.1 Å². The summed E-state index contributed by atoms with van der Waals surface area (Å²) in [6.45, 7) is 4.76. The smallest absolute Gasteiger partial charge is 0.416 e. The van der Waals surface area contributed by atoms with E-state index in [0.29, 0.717) is 24.7 Å². The Hall–Kier alpha value is -2.92. The van der Waals surface area contributed by atoms with Crippen molar-refractivity contribution in [2.24, 2.45) is 0 Å². The zero-order valence-corrected chi connectivity index (χ0v) is 22.4. The summed E-state index contributed by atoms with van der Waals surface area (Å²) in [6, 6.07) is 11.1. The number of carboxylic acid groups (broad SMARTS) is 1. The van der Waals surface area contributed by atoms with E-state index in [-0.39, 0.29) is 25.3 Å². The van der Waals surface area contributed by atoms with Gasteiger partial charge >= 0.3 is 18.2 Å². The third kappa shape index (κ3) is 11.2. The number of carboxylic acids is 1. The molecule has 2 rings (SSSR count). The van der Waals surface area contributed by atoms with Gasteiger partial charge in [-0.1, -0.05) is 31.5 Å². The molecule has 1 atom stereocenters. The number of hydrogen-bond donors (Lipinski definition) is 1. The van der Waals surface area contributed by atoms with Crippen molar-refractivity contribution in [2.75, 3.05) is 37.8 Å². The Morgan fingerprint density at radius 2 is 1.76 bits per heavy atom. The van der Waals surface area contributed by atoms with Crippen LogP contribution in [0.25, 0.3) is 0 Å². The highest BCUT2D eigenvalue weighted by molar-refractivity contribution is 7.99. The predicted octanol–water partition coefficient (Wildman–Crippen LogP) is 6.15. The van der Waals surface area contributed by atoms with Crippen LogP contribution in [0.2, 0.25) is 0 Å². The highest BCUT2D eigenvalue weighted by Gasteiger charge is 2.31. The quantitative estimate of drug-likeness (QED) is 0.248. The number of benzene rings is 2. The molecule has 0 saturated carbocycles. The van der Waals surface area contributed by atoms with Crippen LogP contribution in [-0.4, -0.2) is 66.0 Å². The molecule has 0 aliphatic carbocycles. The standard InChI is InChI=1S/C27H34F3NO6S/c1-3-5-16-38-17-14-31(26(34)37-23-8-6-7-21(19-23)27(28,29)30)13-15-36-22-11-9-20(10-12-22)18-24(25(32)33)35-4-2/h6-12,19,24H,3-5,13-18H2,1-2H3,(H,32,33). The van der Waals surface area contributed by atoms with Gasteiger partial charge in [0.25, 0.3) is 0 Å². The molecular weight excluding hydrogens is 523 g/mol. The molecule has 1 unspecified atom stereocenters. The highest BCUT2D eigenvalue weighted by atomic mass is 32.2. The van der Waals surface area contributed by atoms with E-state index in [1.54, 1.807) is 43.0 Å². The van der Waals surface area contributed by atoms with Gasteiger partial charge in [-0.2, -0.15) is 24.9 Å². The van der Waals surface area contributed by atoms with Gasteiger partial charge in [-0.25, -0.2) is 9.59 Å². The SMILES string of the molecule is CCCCSCCN(CCOc1ccc(CC(OCC)C(=O)O)cc1)C(=O)Oc1cccc(C(F)(F)F)c1. The second-order valence-electron chi connectivity index (χ2n) is 8.33. The molecule has 0 heterocycles. The van der Waals surface area contributed by atoms with Crippen molar-refractivity contribution in [3.63, 3.8) is 0 Å². The maximum Gasteiger partial charge on any atom is 0.416 e. The highest BCUT2D eigenvalue weighted by Crippen LogP contribution is 2.31. The lowest BCUT2D eigenvalue weighted by Crippen LogP contribution is -2.38. The number of rotatable bonds is 16. The lowest BCUT2D eigenvalue weighted by atomic mass is 10.1. The Kier molecular flexibility index (Phi) is 13.3. The molecule has 0 spiro atoms. The van der Waals surface area contributed by atoms with Crippen molar-refractivity contribution in [3.8, 4) is 11.5 Å². The van der Waals surface area contributed by atoms with Crippen molar-refractivity contribution < 1.29 is 42.1 Å². The summed E-state index contributed by atoms with van der Waals surface area (Å²) >= 11 is 1.69. The summed E-state index contributed by atoms with van der Waals surface area (Å²) in [5, 5.41) is 9.24. The van der Waals surface area contributed by atoms with Crippen LogP contribution in [0.3, 0.4) is 0 Å². The van der Waals surface area contributed by atoms with Gasteiger partial charge in [-0.05, 0) is 55.0 Å². The number of aliphatic carboxylic acids is 1. The number of unbranched alkanes of at least 4 members (excludes halogenated alkanes) is 1. The second kappa shape index (κ2) is 16.1. The van der Waals surface area contributed by atoms with Gasteiger partial charge in [-0.15, -0.1) is 0 Å². The Bertz CT molecular complexity index is 1000. The molecule has 0 aliphatic heterocycles. The van der Waals surface area contributed by atoms with Crippen LogP contribution in [0.15, 0.2) is 48.5 Å². The monoisotopic (exact) mass is 557 g/mol. The summed E-state index contributed by atoms with van der Waals surface area (Å²) in [5.74, 6) is 0.910. The van der Waals surface area contributed by atoms with Crippen molar-refractivity contribution in [1.29, 1.82) is 0 Å². The summed E-state index contributed by atoms with van der Waals surface area (Å²) in [6.07, 6.45) is -3.90. The minimum absolute atomic E-state index is 0.132. The number of carbonyl (C=O) groups excluding carboxylic acids is 1. The van der Waals surface area contributed by atoms with Crippen molar-refractivity contribution in [3.05, 3.63) is 59.7 Å². The van der Waals surface area contributed by atoms with E-state index >= 15 is 0 Å². The Morgan fingerprint density at radius 1 is 1.03 bits per heavy atom. The third-order valence-electron chi connectivity index (χ3n) is 5.39. The van der Waals surface area contributed by atoms with E-state index < -0.39 is 29.9 Å². The number of alkyl halides is 3. The van der Waals surface area contributed by atoms with Crippen molar-refractivity contribution >= 4 is 23.8 Å². The molecule has 2 aromatic carbocycles. The maximum atomic E-state index is 13.0. The molecular formula is C27H34F3NO6S. The maximum absolute atomic E-state index is 13.0. The first kappa shape index (κ1) is 31.3. The average molecular weight is 558 g/mol. The third-order valence-corrected chi connectivity index (χ3v) is 6.44. The van der Waals surface area contributed by atoms with E-state index in [0.717, 1.165) is 36.3 Å². The molecule has 0 bridgehead atoms. The van der Waals surface area contributed by atoms with Crippen molar-refractivity contribution in [1.82, 2.24) is 4.90 Å². The molecule has 0 radical (unpaired) electrons. The number of hydrogen-bond acceptors (Lipinski definition) is 6. The molecule has 7 nitrogen and oxygen atoms in total. The summed E-state index contributed by atoms with van der Waals surface area (Å²) < 4.78 is 55.3. The molecule has 1 N–H and O–H groups in total. The predicted molar refractivity (Wildman–Crippen MR) is 140 cm³/mol. The van der Waals surface area contributed by atoms with E-state index in [9.17, 15) is 27.9 Å². The van der Waals surface area contributed by atoms with Crippen LogP contribution in [0.1, 0.15) is 37.8 Å². The van der Waals surface area contributed by atoms with Crippen LogP contribution in [0.4, 0.5) is 18.0 Å². The van der Waals surface area contributed by atoms with Gasteiger partial charge in [0.15, 0.2) is 6.10 Å². The van der Waals surface area contributed by atoms with Gasteiger partial charge < -0.3 is 24.2 Å². The van der Waals surface area contributed by atoms with E-state index in [1.165, 1.54) is 17.0 Å². The second-order valence-corrected chi connectivity index (χ2v) is 9.55. The Labute approximate surface area is 225 Å². The fourth-order valence-corrected chi connectivity index (χ4v) is 4.39. The first-order valence-electron chi connectivity index (χ1n) is 12.4. The van der Waals surface area contributed by atoms with Crippen molar-refractivity contribution in [2.45, 2.75) is 45.4 Å². The number of nitrogens with zero attached hydrogens (tertiary/aromatic N) is 1. The molecule has 0 fully saturated rings. The van der Waals surface area contributed by atoms with Crippen LogP contribution in [-0.2, 0) is 22.1 Å². The van der Waals surface area contributed by atoms with Crippen LogP contribution >= 0.6 is 11.8 Å². The fraction of sp³-hybridized carbons (Fsp3) is 0.481. The van der Waals surface area contributed by atoms with Gasteiger partial charge in [0.2, 0.25) is 0 Å². The number of amides is 1. The Morgan fingerprint density at radius 3 is 2.39 bits per heavy atom. The normalized spacial score (nSPS) is 12.1. The van der Waals surface area contributed by atoms with E-state index in [1.807, 2.05) is 0 Å². The van der Waals surface area contributed by atoms with Gasteiger partial charge in [0.05, 0.1) is 12.1 Å². The van der Waals surface area contributed by atoms with Crippen LogP contribution in [0.5, 0.6) is 11.5 Å². The average Bonchev–Trinajstić information content (AvgIpc) is 2.87. The Balaban J connectivity index is 1.96. The lowest BCUT2D eigenvalue weighted by molar-refractivity contribution is -0.150. The molecule has 1 amide bonds. The zero-order valence-electron chi connectivity index (χ0n) is 21.5. The molecule has 0 saturated heterocycles. The zero-order chi connectivity index (χ0) is 28.0. The fourth-order valence-electron chi connectivity index (χ4n) is 3.35. The first-order valence-corrected chi connectivity index (χ1v) is 13.6. The number of halogens is 3. The van der Waals surface area contributed by atoms with E-state index in [4.69, 9.17) is 14.2 Å². The van der Waals surface area contributed by atoms with Crippen LogP contribution in [0, 0.1) is 0 Å². The largest absolute Gasteiger partial charge is 0.492 e. The molecule has 11 heteroatoms. The lowest BCUT2D eigenvalue weighted by Gasteiger charge is -2.22. The molecule has 38 heavy (non-hydrogen) atoms. The van der Waals surface area contributed by atoms with Gasteiger partial charge in [-0.3, -0.25) is 0 Å². The molecule has 2 aromatic rings.